The number of anilines is 1. The molecule has 2 amide bonds. The molecule has 2 fully saturated rings. The van der Waals surface area contributed by atoms with Crippen LogP contribution in [0.25, 0.3) is 0 Å². The number of benzene rings is 1. The highest BCUT2D eigenvalue weighted by atomic mass is 32.2. The van der Waals surface area contributed by atoms with E-state index in [1.807, 2.05) is 18.7 Å². The van der Waals surface area contributed by atoms with Gasteiger partial charge in [0.25, 0.3) is 0 Å². The number of carbonyl (C=O) groups is 2. The van der Waals surface area contributed by atoms with Crippen molar-refractivity contribution >= 4 is 27.3 Å². The minimum Gasteiger partial charge on any atom is -0.340 e. The van der Waals surface area contributed by atoms with Crippen molar-refractivity contribution in [3.8, 4) is 0 Å². The minimum atomic E-state index is -3.57. The van der Waals surface area contributed by atoms with Gasteiger partial charge in [-0.2, -0.15) is 0 Å². The fourth-order valence-electron chi connectivity index (χ4n) is 5.63. The summed E-state index contributed by atoms with van der Waals surface area (Å²) >= 11 is 0. The molecule has 0 N–H and O–H groups in total. The van der Waals surface area contributed by atoms with E-state index in [1.165, 1.54) is 32.1 Å². The molecule has 1 atom stereocenters. The summed E-state index contributed by atoms with van der Waals surface area (Å²) in [6, 6.07) is 5.69. The molecule has 33 heavy (non-hydrogen) atoms. The maximum absolute atomic E-state index is 13.0. The lowest BCUT2D eigenvalue weighted by molar-refractivity contribution is -0.133. The molecule has 4 rings (SSSR count). The molecule has 1 saturated heterocycles. The maximum atomic E-state index is 13.0. The molecule has 182 valence electrons. The summed E-state index contributed by atoms with van der Waals surface area (Å²) in [5, 5.41) is 0. The number of carbonyl (C=O) groups excluding carboxylic acids is 2. The van der Waals surface area contributed by atoms with Crippen molar-refractivity contribution in [2.75, 3.05) is 36.8 Å². The van der Waals surface area contributed by atoms with Gasteiger partial charge in [-0.3, -0.25) is 14.5 Å². The van der Waals surface area contributed by atoms with Gasteiger partial charge in [0.05, 0.1) is 10.6 Å². The monoisotopic (exact) mass is 475 g/mol. The van der Waals surface area contributed by atoms with Gasteiger partial charge in [-0.05, 0) is 49.9 Å². The van der Waals surface area contributed by atoms with Gasteiger partial charge in [0, 0.05) is 56.8 Å². The van der Waals surface area contributed by atoms with E-state index in [4.69, 9.17) is 0 Å². The predicted octanol–water partition coefficient (Wildman–Crippen LogP) is 3.01. The van der Waals surface area contributed by atoms with Crippen LogP contribution in [0, 0.1) is 0 Å². The lowest BCUT2D eigenvalue weighted by atomic mass is 9.94. The molecule has 1 unspecified atom stereocenters. The molecule has 1 saturated carbocycles. The normalized spacial score (nSPS) is 22.4. The molecule has 0 bridgehead atoms. The number of amides is 2. The highest BCUT2D eigenvalue weighted by Crippen LogP contribution is 2.34. The Morgan fingerprint density at radius 3 is 2.36 bits per heavy atom. The van der Waals surface area contributed by atoms with E-state index in [9.17, 15) is 18.0 Å². The zero-order chi connectivity index (χ0) is 23.6. The second-order valence-electron chi connectivity index (χ2n) is 9.74. The van der Waals surface area contributed by atoms with Gasteiger partial charge >= 0.3 is 0 Å². The maximum Gasteiger partial charge on any atom is 0.226 e. The van der Waals surface area contributed by atoms with Crippen LogP contribution in [0.1, 0.15) is 64.4 Å². The first-order valence-electron chi connectivity index (χ1n) is 12.5. The first kappa shape index (κ1) is 24.2. The number of piperazine rings is 1. The summed E-state index contributed by atoms with van der Waals surface area (Å²) < 4.78 is 25.9. The Bertz CT molecular complexity index is 979. The third kappa shape index (κ3) is 5.27. The van der Waals surface area contributed by atoms with Crippen molar-refractivity contribution < 1.29 is 18.0 Å². The van der Waals surface area contributed by atoms with Crippen LogP contribution in [-0.4, -0.2) is 74.0 Å². The number of nitrogens with zero attached hydrogens (tertiary/aromatic N) is 3. The molecule has 3 aliphatic rings. The molecular weight excluding hydrogens is 438 g/mol. The van der Waals surface area contributed by atoms with Crippen LogP contribution in [0.4, 0.5) is 5.69 Å². The second kappa shape index (κ2) is 10.1. The zero-order valence-corrected chi connectivity index (χ0v) is 20.8. The number of sulfone groups is 1. The van der Waals surface area contributed by atoms with Gasteiger partial charge in [-0.1, -0.05) is 26.2 Å². The van der Waals surface area contributed by atoms with Gasteiger partial charge in [-0.15, -0.1) is 0 Å². The van der Waals surface area contributed by atoms with Crippen molar-refractivity contribution in [3.05, 3.63) is 23.8 Å². The van der Waals surface area contributed by atoms with Crippen LogP contribution in [0.15, 0.2) is 23.1 Å². The summed E-state index contributed by atoms with van der Waals surface area (Å²) in [5.74, 6) is -0.205. The Morgan fingerprint density at radius 2 is 1.70 bits per heavy atom. The van der Waals surface area contributed by atoms with E-state index in [1.54, 1.807) is 23.1 Å². The van der Waals surface area contributed by atoms with E-state index in [0.717, 1.165) is 24.3 Å². The first-order chi connectivity index (χ1) is 15.8. The van der Waals surface area contributed by atoms with Gasteiger partial charge in [0.1, 0.15) is 0 Å². The fraction of sp³-hybridized carbons (Fsp3) is 0.680. The summed E-state index contributed by atoms with van der Waals surface area (Å²) in [5.41, 5.74) is 1.69. The van der Waals surface area contributed by atoms with Crippen molar-refractivity contribution in [2.45, 2.75) is 82.2 Å². The summed E-state index contributed by atoms with van der Waals surface area (Å²) in [6.45, 7) is 6.96. The molecule has 2 heterocycles. The Kier molecular flexibility index (Phi) is 7.43. The molecule has 1 aromatic rings. The average Bonchev–Trinajstić information content (AvgIpc) is 3.17. The van der Waals surface area contributed by atoms with Crippen molar-refractivity contribution in [1.29, 1.82) is 0 Å². The third-order valence-corrected chi connectivity index (χ3v) is 9.25. The Morgan fingerprint density at radius 1 is 1.00 bits per heavy atom. The van der Waals surface area contributed by atoms with Gasteiger partial charge in [-0.25, -0.2) is 8.42 Å². The third-order valence-electron chi connectivity index (χ3n) is 7.54. The summed E-state index contributed by atoms with van der Waals surface area (Å²) in [4.78, 5) is 31.4. The first-order valence-corrected chi connectivity index (χ1v) is 14.1. The standard InChI is InChI=1S/C25H37N3O4S/c1-3-24(29)28-19(2)17-20-18-22(9-10-23(20)28)33(31,32)16-11-25(30)27-14-12-26(13-15-27)21-7-5-4-6-8-21/h9-10,18-19,21H,3-8,11-17H2,1-2H3. The van der Waals surface area contributed by atoms with Crippen LogP contribution in [0.3, 0.4) is 0 Å². The number of hydrogen-bond donors (Lipinski definition) is 0. The lowest BCUT2D eigenvalue weighted by Crippen LogP contribution is -2.52. The van der Waals surface area contributed by atoms with Crippen LogP contribution in [0.5, 0.6) is 0 Å². The Labute approximate surface area is 198 Å². The molecule has 1 aliphatic carbocycles. The largest absolute Gasteiger partial charge is 0.340 e. The fourth-order valence-corrected chi connectivity index (χ4v) is 6.91. The molecule has 1 aromatic carbocycles. The predicted molar refractivity (Wildman–Crippen MR) is 129 cm³/mol. The number of hydrogen-bond acceptors (Lipinski definition) is 5. The highest BCUT2D eigenvalue weighted by Gasteiger charge is 2.32. The minimum absolute atomic E-state index is 0.0136. The molecule has 7 nitrogen and oxygen atoms in total. The van der Waals surface area contributed by atoms with Crippen LogP contribution >= 0.6 is 0 Å². The van der Waals surface area contributed by atoms with Crippen LogP contribution < -0.4 is 4.90 Å². The molecule has 0 spiro atoms. The Balaban J connectivity index is 1.33. The zero-order valence-electron chi connectivity index (χ0n) is 20.0. The van der Waals surface area contributed by atoms with Crippen molar-refractivity contribution in [3.63, 3.8) is 0 Å². The van der Waals surface area contributed by atoms with E-state index in [2.05, 4.69) is 4.90 Å². The van der Waals surface area contributed by atoms with E-state index in [0.29, 0.717) is 32.0 Å². The molecular formula is C25H37N3O4S. The SMILES string of the molecule is CCC(=O)N1c2ccc(S(=O)(=O)CCC(=O)N3CCN(C4CCCCC4)CC3)cc2CC1C. The van der Waals surface area contributed by atoms with Crippen molar-refractivity contribution in [1.82, 2.24) is 9.80 Å². The molecule has 8 heteroatoms. The lowest BCUT2D eigenvalue weighted by Gasteiger charge is -2.40. The van der Waals surface area contributed by atoms with Gasteiger partial charge in [0.2, 0.25) is 11.8 Å². The summed E-state index contributed by atoms with van der Waals surface area (Å²) in [7, 11) is -3.57. The topological polar surface area (TPSA) is 78.0 Å². The molecule has 0 aromatic heterocycles. The highest BCUT2D eigenvalue weighted by molar-refractivity contribution is 7.91. The number of rotatable bonds is 6. The van der Waals surface area contributed by atoms with E-state index < -0.39 is 9.84 Å². The van der Waals surface area contributed by atoms with E-state index in [-0.39, 0.29) is 34.9 Å². The molecule has 0 radical (unpaired) electrons. The van der Waals surface area contributed by atoms with Crippen LogP contribution in [-0.2, 0) is 25.8 Å². The van der Waals surface area contributed by atoms with E-state index >= 15 is 0 Å². The van der Waals surface area contributed by atoms with Gasteiger partial charge < -0.3 is 9.80 Å². The quantitative estimate of drug-likeness (QED) is 0.632. The smallest absolute Gasteiger partial charge is 0.226 e. The van der Waals surface area contributed by atoms with Crippen LogP contribution in [0.2, 0.25) is 0 Å². The summed E-state index contributed by atoms with van der Waals surface area (Å²) in [6.07, 6.45) is 7.54. The second-order valence-corrected chi connectivity index (χ2v) is 11.8. The number of fused-ring (bicyclic) bond motifs is 1. The molecule has 2 aliphatic heterocycles. The Hall–Kier alpha value is -1.93. The average molecular weight is 476 g/mol. The van der Waals surface area contributed by atoms with Crippen molar-refractivity contribution in [2.24, 2.45) is 0 Å². The van der Waals surface area contributed by atoms with Gasteiger partial charge in [0.15, 0.2) is 9.84 Å².